The smallest absolute Gasteiger partial charge is 0.251 e. The molecule has 1 aromatic carbocycles. The van der Waals surface area contributed by atoms with E-state index in [0.717, 1.165) is 12.8 Å². The summed E-state index contributed by atoms with van der Waals surface area (Å²) in [6.45, 7) is 6.46. The van der Waals surface area contributed by atoms with Gasteiger partial charge in [-0.05, 0) is 36.0 Å². The van der Waals surface area contributed by atoms with Gasteiger partial charge in [-0.3, -0.25) is 9.59 Å². The standard InChI is InChI=1S/C17H23NO2/c1-17(2,3)13-6-4-12(5-7-13)16(20)18-14-8-10-15(19)11-9-14/h4-7,14H,8-11H2,1-3H3,(H,18,20). The number of carbonyl (C=O) groups is 2. The Labute approximate surface area is 120 Å². The van der Waals surface area contributed by atoms with Crippen LogP contribution < -0.4 is 5.32 Å². The SMILES string of the molecule is CC(C)(C)c1ccc(C(=O)NC2CCC(=O)CC2)cc1. The van der Waals surface area contributed by atoms with E-state index in [2.05, 4.69) is 26.1 Å². The van der Waals surface area contributed by atoms with Crippen molar-refractivity contribution in [2.45, 2.75) is 57.9 Å². The molecule has 20 heavy (non-hydrogen) atoms. The summed E-state index contributed by atoms with van der Waals surface area (Å²) < 4.78 is 0. The van der Waals surface area contributed by atoms with Crippen molar-refractivity contribution in [1.82, 2.24) is 5.32 Å². The molecular weight excluding hydrogens is 250 g/mol. The average molecular weight is 273 g/mol. The average Bonchev–Trinajstić information content (AvgIpc) is 2.40. The van der Waals surface area contributed by atoms with Gasteiger partial charge < -0.3 is 5.32 Å². The molecule has 0 saturated heterocycles. The fourth-order valence-electron chi connectivity index (χ4n) is 2.47. The van der Waals surface area contributed by atoms with Crippen LogP contribution in [0.25, 0.3) is 0 Å². The molecule has 0 aliphatic heterocycles. The first-order valence-electron chi connectivity index (χ1n) is 7.29. The van der Waals surface area contributed by atoms with Gasteiger partial charge in [0.15, 0.2) is 0 Å². The lowest BCUT2D eigenvalue weighted by atomic mass is 9.86. The minimum absolute atomic E-state index is 0.0372. The minimum atomic E-state index is -0.0372. The second-order valence-corrected chi connectivity index (χ2v) is 6.61. The summed E-state index contributed by atoms with van der Waals surface area (Å²) in [7, 11) is 0. The highest BCUT2D eigenvalue weighted by Crippen LogP contribution is 2.22. The van der Waals surface area contributed by atoms with Crippen LogP contribution in [-0.4, -0.2) is 17.7 Å². The molecule has 0 unspecified atom stereocenters. The molecule has 0 radical (unpaired) electrons. The van der Waals surface area contributed by atoms with Crippen molar-refractivity contribution in [3.05, 3.63) is 35.4 Å². The highest BCUT2D eigenvalue weighted by molar-refractivity contribution is 5.94. The molecule has 0 atom stereocenters. The maximum absolute atomic E-state index is 12.2. The number of ketones is 1. The van der Waals surface area contributed by atoms with Gasteiger partial charge in [0.05, 0.1) is 0 Å². The Kier molecular flexibility index (Phi) is 4.26. The monoisotopic (exact) mass is 273 g/mol. The Hall–Kier alpha value is -1.64. The van der Waals surface area contributed by atoms with Gasteiger partial charge >= 0.3 is 0 Å². The normalized spacial score (nSPS) is 17.1. The molecule has 1 aromatic rings. The van der Waals surface area contributed by atoms with Crippen LogP contribution in [0.3, 0.4) is 0 Å². The van der Waals surface area contributed by atoms with Gasteiger partial charge in [0.25, 0.3) is 5.91 Å². The van der Waals surface area contributed by atoms with Gasteiger partial charge in [0.1, 0.15) is 5.78 Å². The van der Waals surface area contributed by atoms with Gasteiger partial charge in [0.2, 0.25) is 0 Å². The number of carbonyl (C=O) groups excluding carboxylic acids is 2. The number of Topliss-reactive ketones (excluding diaryl/α,β-unsaturated/α-hetero) is 1. The van der Waals surface area contributed by atoms with E-state index >= 15 is 0 Å². The Morgan fingerprint density at radius 1 is 1.10 bits per heavy atom. The van der Waals surface area contributed by atoms with Crippen LogP contribution in [0.5, 0.6) is 0 Å². The summed E-state index contributed by atoms with van der Waals surface area (Å²) in [5, 5.41) is 3.02. The van der Waals surface area contributed by atoms with Crippen molar-refractivity contribution >= 4 is 11.7 Å². The Balaban J connectivity index is 1.97. The molecular formula is C17H23NO2. The summed E-state index contributed by atoms with van der Waals surface area (Å²) in [5.74, 6) is 0.273. The van der Waals surface area contributed by atoms with Crippen molar-refractivity contribution in [1.29, 1.82) is 0 Å². The molecule has 1 amide bonds. The first-order chi connectivity index (χ1) is 9.36. The number of rotatable bonds is 2. The number of benzene rings is 1. The Morgan fingerprint density at radius 2 is 1.65 bits per heavy atom. The first-order valence-corrected chi connectivity index (χ1v) is 7.29. The predicted molar refractivity (Wildman–Crippen MR) is 79.9 cm³/mol. The fraction of sp³-hybridized carbons (Fsp3) is 0.529. The largest absolute Gasteiger partial charge is 0.349 e. The maximum atomic E-state index is 12.2. The highest BCUT2D eigenvalue weighted by atomic mass is 16.1. The van der Waals surface area contributed by atoms with E-state index in [1.165, 1.54) is 5.56 Å². The van der Waals surface area contributed by atoms with Crippen LogP contribution >= 0.6 is 0 Å². The molecule has 1 aliphatic carbocycles. The van der Waals surface area contributed by atoms with Crippen LogP contribution in [0, 0.1) is 0 Å². The third-order valence-electron chi connectivity index (χ3n) is 3.89. The van der Waals surface area contributed by atoms with E-state index in [1.54, 1.807) is 0 Å². The van der Waals surface area contributed by atoms with Crippen LogP contribution in [0.15, 0.2) is 24.3 Å². The van der Waals surface area contributed by atoms with Crippen LogP contribution in [0.2, 0.25) is 0 Å². The van der Waals surface area contributed by atoms with E-state index in [-0.39, 0.29) is 17.4 Å². The molecule has 3 heteroatoms. The lowest BCUT2D eigenvalue weighted by Crippen LogP contribution is -2.37. The van der Waals surface area contributed by atoms with E-state index in [1.807, 2.05) is 24.3 Å². The zero-order valence-electron chi connectivity index (χ0n) is 12.5. The summed E-state index contributed by atoms with van der Waals surface area (Å²) in [6, 6.07) is 7.93. The molecule has 0 bridgehead atoms. The molecule has 1 saturated carbocycles. The molecule has 3 nitrogen and oxygen atoms in total. The number of amides is 1. The van der Waals surface area contributed by atoms with E-state index in [4.69, 9.17) is 0 Å². The maximum Gasteiger partial charge on any atom is 0.251 e. The first kappa shape index (κ1) is 14.8. The van der Waals surface area contributed by atoms with Gasteiger partial charge in [-0.15, -0.1) is 0 Å². The van der Waals surface area contributed by atoms with E-state index in [9.17, 15) is 9.59 Å². The molecule has 2 rings (SSSR count). The van der Waals surface area contributed by atoms with Crippen LogP contribution in [0.4, 0.5) is 0 Å². The number of hydrogen-bond donors (Lipinski definition) is 1. The quantitative estimate of drug-likeness (QED) is 0.899. The summed E-state index contributed by atoms with van der Waals surface area (Å²) in [4.78, 5) is 23.3. The number of nitrogens with one attached hydrogen (secondary N) is 1. The predicted octanol–water partition coefficient (Wildman–Crippen LogP) is 3.23. The Bertz CT molecular complexity index is 487. The topological polar surface area (TPSA) is 46.2 Å². The molecule has 0 spiro atoms. The minimum Gasteiger partial charge on any atom is -0.349 e. The van der Waals surface area contributed by atoms with Crippen molar-refractivity contribution in [2.75, 3.05) is 0 Å². The molecule has 0 aromatic heterocycles. The molecule has 1 fully saturated rings. The van der Waals surface area contributed by atoms with Crippen molar-refractivity contribution < 1.29 is 9.59 Å². The fourth-order valence-corrected chi connectivity index (χ4v) is 2.47. The van der Waals surface area contributed by atoms with E-state index in [0.29, 0.717) is 24.2 Å². The molecule has 108 valence electrons. The van der Waals surface area contributed by atoms with Gasteiger partial charge in [-0.2, -0.15) is 0 Å². The Morgan fingerprint density at radius 3 is 2.15 bits per heavy atom. The van der Waals surface area contributed by atoms with Crippen molar-refractivity contribution in [2.24, 2.45) is 0 Å². The van der Waals surface area contributed by atoms with Gasteiger partial charge in [-0.25, -0.2) is 0 Å². The third-order valence-corrected chi connectivity index (χ3v) is 3.89. The highest BCUT2D eigenvalue weighted by Gasteiger charge is 2.21. The van der Waals surface area contributed by atoms with Crippen molar-refractivity contribution in [3.63, 3.8) is 0 Å². The van der Waals surface area contributed by atoms with E-state index < -0.39 is 0 Å². The molecule has 1 aliphatic rings. The summed E-state index contributed by atoms with van der Waals surface area (Å²) in [5.41, 5.74) is 2.01. The zero-order chi connectivity index (χ0) is 14.8. The molecule has 1 N–H and O–H groups in total. The second kappa shape index (κ2) is 5.78. The lowest BCUT2D eigenvalue weighted by molar-refractivity contribution is -0.120. The van der Waals surface area contributed by atoms with Crippen LogP contribution in [-0.2, 0) is 10.2 Å². The van der Waals surface area contributed by atoms with Gasteiger partial charge in [0, 0.05) is 24.4 Å². The van der Waals surface area contributed by atoms with Gasteiger partial charge in [-0.1, -0.05) is 32.9 Å². The van der Waals surface area contributed by atoms with Crippen LogP contribution in [0.1, 0.15) is 62.4 Å². The summed E-state index contributed by atoms with van der Waals surface area (Å²) in [6.07, 6.45) is 2.72. The second-order valence-electron chi connectivity index (χ2n) is 6.61. The lowest BCUT2D eigenvalue weighted by Gasteiger charge is -2.22. The third kappa shape index (κ3) is 3.69. The molecule has 0 heterocycles. The number of hydrogen-bond acceptors (Lipinski definition) is 2. The van der Waals surface area contributed by atoms with Crippen molar-refractivity contribution in [3.8, 4) is 0 Å². The summed E-state index contributed by atoms with van der Waals surface area (Å²) >= 11 is 0. The zero-order valence-corrected chi connectivity index (χ0v) is 12.5.